The van der Waals surface area contributed by atoms with Crippen molar-refractivity contribution in [3.63, 3.8) is 0 Å². The normalized spacial score (nSPS) is 16.0. The zero-order valence-corrected chi connectivity index (χ0v) is 15.6. The topological polar surface area (TPSA) is 24.9 Å². The minimum Gasteiger partial charge on any atom is -0.493 e. The quantitative estimate of drug-likeness (QED) is 0.784. The lowest BCUT2D eigenvalue weighted by Gasteiger charge is -2.34. The van der Waals surface area contributed by atoms with Crippen LogP contribution in [0.4, 0.5) is 0 Å². The molecule has 1 saturated heterocycles. The summed E-state index contributed by atoms with van der Waals surface area (Å²) in [5.41, 5.74) is 2.57. The van der Waals surface area contributed by atoms with Crippen LogP contribution in [0.25, 0.3) is 0 Å². The number of hydrogen-bond donors (Lipinski definition) is 0. The summed E-state index contributed by atoms with van der Waals surface area (Å²) in [5.74, 6) is 1.57. The van der Waals surface area contributed by atoms with Gasteiger partial charge in [-0.05, 0) is 35.4 Å². The van der Waals surface area contributed by atoms with Crippen LogP contribution in [0.3, 0.4) is 0 Å². The van der Waals surface area contributed by atoms with Gasteiger partial charge in [-0.15, -0.1) is 0 Å². The Kier molecular flexibility index (Phi) is 6.19. The molecule has 2 aromatic carbocycles. The predicted molar refractivity (Wildman–Crippen MR) is 102 cm³/mol. The summed E-state index contributed by atoms with van der Waals surface area (Å²) in [7, 11) is 3.34. The van der Waals surface area contributed by atoms with Crippen molar-refractivity contribution < 1.29 is 9.47 Å². The third kappa shape index (κ3) is 4.88. The minimum absolute atomic E-state index is 0.777. The molecule has 0 bridgehead atoms. The van der Waals surface area contributed by atoms with E-state index in [-0.39, 0.29) is 0 Å². The van der Waals surface area contributed by atoms with Gasteiger partial charge in [0.2, 0.25) is 0 Å². The third-order valence-corrected chi connectivity index (χ3v) is 4.89. The number of nitrogens with zero attached hydrogens (tertiary/aromatic N) is 2. The molecule has 1 fully saturated rings. The van der Waals surface area contributed by atoms with Crippen molar-refractivity contribution in [3.05, 3.63) is 58.6 Å². The number of rotatable bonds is 6. The fraction of sp³-hybridized carbons (Fsp3) is 0.400. The summed E-state index contributed by atoms with van der Waals surface area (Å²) < 4.78 is 10.7. The monoisotopic (exact) mass is 360 g/mol. The first-order valence-electron chi connectivity index (χ1n) is 8.58. The highest BCUT2D eigenvalue weighted by Crippen LogP contribution is 2.28. The van der Waals surface area contributed by atoms with E-state index in [0.717, 1.165) is 55.8 Å². The van der Waals surface area contributed by atoms with Crippen molar-refractivity contribution in [3.8, 4) is 11.5 Å². The highest BCUT2D eigenvalue weighted by Gasteiger charge is 2.17. The van der Waals surface area contributed by atoms with Crippen LogP contribution in [0, 0.1) is 0 Å². The van der Waals surface area contributed by atoms with Crippen LogP contribution in [-0.4, -0.2) is 50.2 Å². The number of piperazine rings is 1. The summed E-state index contributed by atoms with van der Waals surface area (Å²) in [5, 5.41) is 0.795. The van der Waals surface area contributed by atoms with E-state index >= 15 is 0 Å². The first kappa shape index (κ1) is 18.1. The maximum absolute atomic E-state index is 5.95. The van der Waals surface area contributed by atoms with Crippen LogP contribution in [0.2, 0.25) is 5.02 Å². The van der Waals surface area contributed by atoms with Gasteiger partial charge in [0.25, 0.3) is 0 Å². The number of ether oxygens (including phenoxy) is 2. The maximum Gasteiger partial charge on any atom is 0.161 e. The Balaban J connectivity index is 1.51. The van der Waals surface area contributed by atoms with Crippen molar-refractivity contribution in [2.45, 2.75) is 13.1 Å². The molecule has 4 nitrogen and oxygen atoms in total. The molecule has 2 aromatic rings. The second-order valence-electron chi connectivity index (χ2n) is 6.37. The zero-order valence-electron chi connectivity index (χ0n) is 14.9. The Hall–Kier alpha value is -1.75. The predicted octanol–water partition coefficient (Wildman–Crippen LogP) is 3.68. The lowest BCUT2D eigenvalue weighted by atomic mass is 10.1. The lowest BCUT2D eigenvalue weighted by Crippen LogP contribution is -2.45. The van der Waals surface area contributed by atoms with Gasteiger partial charge >= 0.3 is 0 Å². The third-order valence-electron chi connectivity index (χ3n) is 4.64. The highest BCUT2D eigenvalue weighted by atomic mass is 35.5. The van der Waals surface area contributed by atoms with Gasteiger partial charge in [0.15, 0.2) is 11.5 Å². The molecule has 1 heterocycles. The van der Waals surface area contributed by atoms with Gasteiger partial charge in [0.05, 0.1) is 14.2 Å². The summed E-state index contributed by atoms with van der Waals surface area (Å²) >= 11 is 5.95. The molecule has 0 N–H and O–H groups in total. The van der Waals surface area contributed by atoms with Crippen LogP contribution < -0.4 is 9.47 Å². The number of benzene rings is 2. The molecule has 25 heavy (non-hydrogen) atoms. The molecular formula is C20H25ClN2O2. The Labute approximate surface area is 154 Å². The molecule has 0 amide bonds. The van der Waals surface area contributed by atoms with Gasteiger partial charge in [-0.25, -0.2) is 0 Å². The Bertz CT molecular complexity index is 683. The Morgan fingerprint density at radius 1 is 0.760 bits per heavy atom. The summed E-state index contributed by atoms with van der Waals surface area (Å²) in [4.78, 5) is 4.98. The first-order chi connectivity index (χ1) is 12.2. The first-order valence-corrected chi connectivity index (χ1v) is 8.96. The van der Waals surface area contributed by atoms with E-state index in [1.807, 2.05) is 18.2 Å². The van der Waals surface area contributed by atoms with E-state index in [1.54, 1.807) is 14.2 Å². The van der Waals surface area contributed by atoms with E-state index in [4.69, 9.17) is 21.1 Å². The molecule has 0 aromatic heterocycles. The summed E-state index contributed by atoms with van der Waals surface area (Å²) in [6.45, 7) is 6.23. The van der Waals surface area contributed by atoms with Gasteiger partial charge in [-0.1, -0.05) is 29.8 Å². The van der Waals surface area contributed by atoms with E-state index in [1.165, 1.54) is 11.1 Å². The molecule has 134 valence electrons. The van der Waals surface area contributed by atoms with Gasteiger partial charge in [0.1, 0.15) is 0 Å². The fourth-order valence-electron chi connectivity index (χ4n) is 3.19. The van der Waals surface area contributed by atoms with E-state index in [9.17, 15) is 0 Å². The molecule has 0 spiro atoms. The largest absolute Gasteiger partial charge is 0.493 e. The average Bonchev–Trinajstić information content (AvgIpc) is 2.65. The SMILES string of the molecule is COc1ccc(CN2CCN(Cc3ccc(Cl)cc3)CC2)cc1OC. The molecule has 0 radical (unpaired) electrons. The fourth-order valence-corrected chi connectivity index (χ4v) is 3.32. The summed E-state index contributed by atoms with van der Waals surface area (Å²) in [6, 6.07) is 14.3. The molecule has 0 unspecified atom stereocenters. The van der Waals surface area contributed by atoms with Crippen LogP contribution in [-0.2, 0) is 13.1 Å². The van der Waals surface area contributed by atoms with Gasteiger partial charge in [-0.2, -0.15) is 0 Å². The summed E-state index contributed by atoms with van der Waals surface area (Å²) in [6.07, 6.45) is 0. The second-order valence-corrected chi connectivity index (χ2v) is 6.80. The molecular weight excluding hydrogens is 336 g/mol. The number of methoxy groups -OCH3 is 2. The zero-order chi connectivity index (χ0) is 17.6. The second kappa shape index (κ2) is 8.56. The van der Waals surface area contributed by atoms with Crippen LogP contribution in [0.1, 0.15) is 11.1 Å². The number of halogens is 1. The van der Waals surface area contributed by atoms with Gasteiger partial charge in [0, 0.05) is 44.3 Å². The molecule has 3 rings (SSSR count). The smallest absolute Gasteiger partial charge is 0.161 e. The van der Waals surface area contributed by atoms with Crippen LogP contribution in [0.15, 0.2) is 42.5 Å². The van der Waals surface area contributed by atoms with Crippen molar-refractivity contribution >= 4 is 11.6 Å². The van der Waals surface area contributed by atoms with Gasteiger partial charge in [-0.3, -0.25) is 9.80 Å². The molecule has 0 aliphatic carbocycles. The molecule has 5 heteroatoms. The minimum atomic E-state index is 0.777. The standard InChI is InChI=1S/C20H25ClN2O2/c1-24-19-8-5-17(13-20(19)25-2)15-23-11-9-22(10-12-23)14-16-3-6-18(21)7-4-16/h3-8,13H,9-12,14-15H2,1-2H3. The van der Waals surface area contributed by atoms with E-state index in [0.29, 0.717) is 0 Å². The van der Waals surface area contributed by atoms with E-state index < -0.39 is 0 Å². The Morgan fingerprint density at radius 3 is 1.84 bits per heavy atom. The van der Waals surface area contributed by atoms with Crippen LogP contribution in [0.5, 0.6) is 11.5 Å². The Morgan fingerprint density at radius 2 is 1.28 bits per heavy atom. The van der Waals surface area contributed by atoms with Crippen molar-refractivity contribution in [1.82, 2.24) is 9.80 Å². The van der Waals surface area contributed by atoms with Gasteiger partial charge < -0.3 is 9.47 Å². The molecule has 1 aliphatic heterocycles. The maximum atomic E-state index is 5.95. The van der Waals surface area contributed by atoms with Crippen molar-refractivity contribution in [1.29, 1.82) is 0 Å². The average molecular weight is 361 g/mol. The molecule has 1 aliphatic rings. The van der Waals surface area contributed by atoms with Crippen molar-refractivity contribution in [2.24, 2.45) is 0 Å². The highest BCUT2D eigenvalue weighted by molar-refractivity contribution is 6.30. The van der Waals surface area contributed by atoms with Crippen LogP contribution >= 0.6 is 11.6 Å². The molecule has 0 saturated carbocycles. The molecule has 0 atom stereocenters. The van der Waals surface area contributed by atoms with Crippen molar-refractivity contribution in [2.75, 3.05) is 40.4 Å². The lowest BCUT2D eigenvalue weighted by molar-refractivity contribution is 0.122. The van der Waals surface area contributed by atoms with E-state index in [2.05, 4.69) is 34.1 Å². The number of hydrogen-bond acceptors (Lipinski definition) is 4.